The number of carbonyl (C=O) groups is 3. The van der Waals surface area contributed by atoms with Crippen molar-refractivity contribution in [3.8, 4) is 0 Å². The van der Waals surface area contributed by atoms with Gasteiger partial charge >= 0.3 is 0 Å². The van der Waals surface area contributed by atoms with Gasteiger partial charge in [-0.3, -0.25) is 14.4 Å². The molecule has 7 heteroatoms. The Kier molecular flexibility index (Phi) is 10.2. The van der Waals surface area contributed by atoms with Crippen molar-refractivity contribution in [3.63, 3.8) is 0 Å². The van der Waals surface area contributed by atoms with E-state index in [4.69, 9.17) is 0 Å². The van der Waals surface area contributed by atoms with Crippen molar-refractivity contribution in [1.29, 1.82) is 0 Å². The molecule has 0 aliphatic carbocycles. The van der Waals surface area contributed by atoms with Gasteiger partial charge in [-0.05, 0) is 69.5 Å². The molecule has 0 saturated carbocycles. The van der Waals surface area contributed by atoms with Gasteiger partial charge in [0.1, 0.15) is 0 Å². The van der Waals surface area contributed by atoms with Crippen molar-refractivity contribution < 1.29 is 14.4 Å². The van der Waals surface area contributed by atoms with E-state index in [9.17, 15) is 14.4 Å². The molecule has 0 unspecified atom stereocenters. The summed E-state index contributed by atoms with van der Waals surface area (Å²) in [6, 6.07) is 23.0. The van der Waals surface area contributed by atoms with Crippen LogP contribution < -0.4 is 10.2 Å². The van der Waals surface area contributed by atoms with Gasteiger partial charge in [-0.15, -0.1) is 0 Å². The first-order valence-electron chi connectivity index (χ1n) is 14.8. The van der Waals surface area contributed by atoms with E-state index in [0.29, 0.717) is 49.5 Å². The molecule has 1 heterocycles. The van der Waals surface area contributed by atoms with Crippen molar-refractivity contribution in [2.75, 3.05) is 49.5 Å². The highest BCUT2D eigenvalue weighted by molar-refractivity contribution is 6.06. The molecule has 3 amide bonds. The highest BCUT2D eigenvalue weighted by Crippen LogP contribution is 2.29. The van der Waals surface area contributed by atoms with Crippen LogP contribution in [0.15, 0.2) is 72.8 Å². The number of anilines is 2. The highest BCUT2D eigenvalue weighted by atomic mass is 16.2. The van der Waals surface area contributed by atoms with Crippen LogP contribution in [0.3, 0.4) is 0 Å². The summed E-state index contributed by atoms with van der Waals surface area (Å²) in [7, 11) is 0. The van der Waals surface area contributed by atoms with Crippen LogP contribution in [-0.2, 0) is 4.79 Å². The number of amides is 3. The number of aryl methyl sites for hydroxylation is 1. The van der Waals surface area contributed by atoms with Crippen molar-refractivity contribution >= 4 is 29.1 Å². The quantitative estimate of drug-likeness (QED) is 0.354. The van der Waals surface area contributed by atoms with E-state index in [-0.39, 0.29) is 23.6 Å². The second-order valence-corrected chi connectivity index (χ2v) is 10.6. The smallest absolute Gasteiger partial charge is 0.256 e. The lowest BCUT2D eigenvalue weighted by Crippen LogP contribution is -2.38. The van der Waals surface area contributed by atoms with Gasteiger partial charge in [0.05, 0.1) is 11.5 Å². The fourth-order valence-electron chi connectivity index (χ4n) is 5.49. The Bertz CT molecular complexity index is 1340. The molecule has 216 valence electrons. The van der Waals surface area contributed by atoms with E-state index in [1.807, 2.05) is 80.3 Å². The lowest BCUT2D eigenvalue weighted by Gasteiger charge is -2.29. The lowest BCUT2D eigenvalue weighted by molar-refractivity contribution is -0.132. The summed E-state index contributed by atoms with van der Waals surface area (Å²) in [6.07, 6.45) is 1.56. The fraction of sp³-hybridized carbons (Fsp3) is 0.382. The van der Waals surface area contributed by atoms with E-state index in [0.717, 1.165) is 36.2 Å². The number of nitrogens with one attached hydrogen (secondary N) is 1. The molecular formula is C34H42N4O3. The molecule has 3 aromatic carbocycles. The molecular weight excluding hydrogens is 512 g/mol. The van der Waals surface area contributed by atoms with Gasteiger partial charge in [0.2, 0.25) is 5.91 Å². The first-order valence-corrected chi connectivity index (χ1v) is 14.8. The zero-order valence-corrected chi connectivity index (χ0v) is 24.7. The van der Waals surface area contributed by atoms with Crippen LogP contribution in [0.5, 0.6) is 0 Å². The van der Waals surface area contributed by atoms with Gasteiger partial charge in [0.15, 0.2) is 0 Å². The number of nitrogens with zero attached hydrogens (tertiary/aromatic N) is 3. The summed E-state index contributed by atoms with van der Waals surface area (Å²) >= 11 is 0. The summed E-state index contributed by atoms with van der Waals surface area (Å²) in [6.45, 7) is 11.8. The molecule has 1 saturated heterocycles. The molecule has 1 aliphatic heterocycles. The van der Waals surface area contributed by atoms with Crippen molar-refractivity contribution in [3.05, 3.63) is 95.1 Å². The molecule has 3 aromatic rings. The van der Waals surface area contributed by atoms with Gasteiger partial charge in [-0.1, -0.05) is 55.0 Å². The second kappa shape index (κ2) is 14.0. The summed E-state index contributed by atoms with van der Waals surface area (Å²) in [5, 5.41) is 2.97. The molecule has 41 heavy (non-hydrogen) atoms. The summed E-state index contributed by atoms with van der Waals surface area (Å²) in [5.41, 5.74) is 4.67. The minimum Gasteiger partial charge on any atom is -0.369 e. The molecule has 4 rings (SSSR count). The van der Waals surface area contributed by atoms with Crippen LogP contribution in [0.1, 0.15) is 71.4 Å². The maximum atomic E-state index is 13.7. The van der Waals surface area contributed by atoms with E-state index < -0.39 is 0 Å². The first-order chi connectivity index (χ1) is 19.9. The number of benzene rings is 3. The number of hydrogen-bond acceptors (Lipinski definition) is 4. The SMILES string of the molecule is CC[C@H](C(=O)N1CCCN(c2ccc(NC(=O)c3ccc(C)cc3)cc2C(=O)N(CC)CC)CC1)c1ccccc1. The van der Waals surface area contributed by atoms with Crippen LogP contribution in [0, 0.1) is 6.92 Å². The molecule has 7 nitrogen and oxygen atoms in total. The molecule has 0 bridgehead atoms. The Hall–Kier alpha value is -4.13. The third-order valence-electron chi connectivity index (χ3n) is 7.91. The van der Waals surface area contributed by atoms with Crippen molar-refractivity contribution in [1.82, 2.24) is 9.80 Å². The standard InChI is InChI=1S/C34H42N4O3/c1-5-29(26-12-9-8-10-13-26)33(40)38-21-11-20-37(22-23-38)31-19-18-28(24-30(31)34(41)36(6-2)7-3)35-32(39)27-16-14-25(4)15-17-27/h8-10,12-19,24,29H,5-7,11,20-23H2,1-4H3,(H,35,39)/t29-/m0/s1. The van der Waals surface area contributed by atoms with Gasteiger partial charge < -0.3 is 20.0 Å². The van der Waals surface area contributed by atoms with E-state index >= 15 is 0 Å². The van der Waals surface area contributed by atoms with Gasteiger partial charge in [0.25, 0.3) is 11.8 Å². The molecule has 0 spiro atoms. The monoisotopic (exact) mass is 554 g/mol. The zero-order valence-electron chi connectivity index (χ0n) is 24.7. The molecule has 0 aromatic heterocycles. The van der Waals surface area contributed by atoms with Crippen LogP contribution in [-0.4, -0.2) is 66.8 Å². The molecule has 1 atom stereocenters. The average Bonchev–Trinajstić information content (AvgIpc) is 3.25. The van der Waals surface area contributed by atoms with E-state index in [1.165, 1.54) is 0 Å². The van der Waals surface area contributed by atoms with Crippen LogP contribution in [0.2, 0.25) is 0 Å². The zero-order chi connectivity index (χ0) is 29.4. The predicted molar refractivity (Wildman–Crippen MR) is 166 cm³/mol. The lowest BCUT2D eigenvalue weighted by atomic mass is 9.95. The predicted octanol–water partition coefficient (Wildman–Crippen LogP) is 5.96. The number of carbonyl (C=O) groups excluding carboxylic acids is 3. The minimum absolute atomic E-state index is 0.0660. The molecule has 1 fully saturated rings. The number of rotatable bonds is 9. The Balaban J connectivity index is 1.56. The fourth-order valence-corrected chi connectivity index (χ4v) is 5.49. The second-order valence-electron chi connectivity index (χ2n) is 10.6. The third-order valence-corrected chi connectivity index (χ3v) is 7.91. The van der Waals surface area contributed by atoms with Crippen LogP contribution in [0.4, 0.5) is 11.4 Å². The number of hydrogen-bond donors (Lipinski definition) is 1. The summed E-state index contributed by atoms with van der Waals surface area (Å²) in [4.78, 5) is 46.1. The van der Waals surface area contributed by atoms with Gasteiger partial charge in [0, 0.05) is 56.2 Å². The highest BCUT2D eigenvalue weighted by Gasteiger charge is 2.28. The maximum Gasteiger partial charge on any atom is 0.256 e. The topological polar surface area (TPSA) is 73.0 Å². The average molecular weight is 555 g/mol. The summed E-state index contributed by atoms with van der Waals surface area (Å²) in [5.74, 6) is -0.274. The molecule has 1 aliphatic rings. The van der Waals surface area contributed by atoms with Crippen molar-refractivity contribution in [2.24, 2.45) is 0 Å². The molecule has 0 radical (unpaired) electrons. The maximum absolute atomic E-state index is 13.7. The van der Waals surface area contributed by atoms with Crippen molar-refractivity contribution in [2.45, 2.75) is 46.5 Å². The Morgan fingerprint density at radius 2 is 1.56 bits per heavy atom. The third kappa shape index (κ3) is 7.15. The Morgan fingerprint density at radius 1 is 0.854 bits per heavy atom. The van der Waals surface area contributed by atoms with Crippen LogP contribution >= 0.6 is 0 Å². The largest absolute Gasteiger partial charge is 0.369 e. The normalized spacial score (nSPS) is 14.2. The van der Waals surface area contributed by atoms with E-state index in [1.54, 1.807) is 23.1 Å². The minimum atomic E-state index is -0.216. The first kappa shape index (κ1) is 29.8. The van der Waals surface area contributed by atoms with Crippen LogP contribution in [0.25, 0.3) is 0 Å². The molecule has 1 N–H and O–H groups in total. The Morgan fingerprint density at radius 3 is 2.22 bits per heavy atom. The van der Waals surface area contributed by atoms with E-state index in [2.05, 4.69) is 17.1 Å². The Labute approximate surface area is 244 Å². The summed E-state index contributed by atoms with van der Waals surface area (Å²) < 4.78 is 0. The van der Waals surface area contributed by atoms with Gasteiger partial charge in [-0.25, -0.2) is 0 Å². The van der Waals surface area contributed by atoms with Gasteiger partial charge in [-0.2, -0.15) is 0 Å².